The smallest absolute Gasteiger partial charge is 0.306 e. The van der Waals surface area contributed by atoms with Crippen LogP contribution in [0.15, 0.2) is 0 Å². The lowest BCUT2D eigenvalue weighted by Gasteiger charge is -2.22. The average Bonchev–Trinajstić information content (AvgIpc) is 2.25. The van der Waals surface area contributed by atoms with E-state index < -0.39 is 18.3 Å². The Hall–Kier alpha value is -0.940. The number of rotatable bonds is 2. The monoisotopic (exact) mass is 244 g/mol. The van der Waals surface area contributed by atoms with Gasteiger partial charge in [-0.1, -0.05) is 13.3 Å². The zero-order chi connectivity index (χ0) is 12.8. The molecule has 0 aromatic heterocycles. The van der Waals surface area contributed by atoms with Crippen LogP contribution in [0.4, 0.5) is 0 Å². The highest BCUT2D eigenvalue weighted by molar-refractivity contribution is 5.83. The lowest BCUT2D eigenvalue weighted by Crippen LogP contribution is -2.33. The highest BCUT2D eigenvalue weighted by Gasteiger charge is 2.26. The number of carbonyl (C=O) groups is 2. The molecule has 1 aliphatic heterocycles. The summed E-state index contributed by atoms with van der Waals surface area (Å²) in [7, 11) is 0. The third-order valence-corrected chi connectivity index (χ3v) is 2.89. The van der Waals surface area contributed by atoms with Crippen molar-refractivity contribution in [1.29, 1.82) is 0 Å². The lowest BCUT2D eigenvalue weighted by atomic mass is 9.98. The first kappa shape index (κ1) is 14.1. The van der Waals surface area contributed by atoms with Gasteiger partial charge < -0.3 is 14.9 Å². The SMILES string of the molecule is CCC[C@@H]1C[C@H](O)C(=O)C[C@@H](O)CCC(=O)O1. The zero-order valence-electron chi connectivity index (χ0n) is 10.1. The second kappa shape index (κ2) is 6.71. The van der Waals surface area contributed by atoms with Gasteiger partial charge in [-0.3, -0.25) is 9.59 Å². The quantitative estimate of drug-likeness (QED) is 0.693. The Labute approximate surface area is 101 Å². The molecule has 5 heteroatoms. The molecule has 1 rings (SSSR count). The molecule has 0 radical (unpaired) electrons. The molecule has 0 amide bonds. The van der Waals surface area contributed by atoms with E-state index in [-0.39, 0.29) is 37.4 Å². The van der Waals surface area contributed by atoms with Gasteiger partial charge in [-0.15, -0.1) is 0 Å². The van der Waals surface area contributed by atoms with Gasteiger partial charge in [0.05, 0.1) is 6.10 Å². The largest absolute Gasteiger partial charge is 0.462 e. The highest BCUT2D eigenvalue weighted by atomic mass is 16.5. The van der Waals surface area contributed by atoms with Gasteiger partial charge in [-0.2, -0.15) is 0 Å². The van der Waals surface area contributed by atoms with Crippen molar-refractivity contribution in [3.05, 3.63) is 0 Å². The van der Waals surface area contributed by atoms with Gasteiger partial charge in [-0.25, -0.2) is 0 Å². The number of aliphatic hydroxyl groups excluding tert-OH is 2. The fourth-order valence-electron chi connectivity index (χ4n) is 1.93. The second-order valence-corrected chi connectivity index (χ2v) is 4.51. The number of carbonyl (C=O) groups excluding carboxylic acids is 2. The van der Waals surface area contributed by atoms with E-state index in [9.17, 15) is 19.8 Å². The summed E-state index contributed by atoms with van der Waals surface area (Å²) in [5.41, 5.74) is 0. The van der Waals surface area contributed by atoms with E-state index in [2.05, 4.69) is 0 Å². The number of ketones is 1. The van der Waals surface area contributed by atoms with Gasteiger partial charge >= 0.3 is 5.97 Å². The van der Waals surface area contributed by atoms with Gasteiger partial charge in [0.1, 0.15) is 12.2 Å². The summed E-state index contributed by atoms with van der Waals surface area (Å²) >= 11 is 0. The van der Waals surface area contributed by atoms with E-state index >= 15 is 0 Å². The Kier molecular flexibility index (Phi) is 5.58. The molecule has 1 saturated heterocycles. The van der Waals surface area contributed by atoms with Crippen molar-refractivity contribution in [2.45, 2.75) is 63.8 Å². The van der Waals surface area contributed by atoms with Crippen LogP contribution in [0.3, 0.4) is 0 Å². The van der Waals surface area contributed by atoms with Crippen LogP contribution < -0.4 is 0 Å². The molecule has 5 nitrogen and oxygen atoms in total. The van der Waals surface area contributed by atoms with Gasteiger partial charge in [-0.05, 0) is 12.8 Å². The maximum atomic E-state index is 11.5. The van der Waals surface area contributed by atoms with Crippen LogP contribution in [0.5, 0.6) is 0 Å². The van der Waals surface area contributed by atoms with Crippen molar-refractivity contribution in [3.8, 4) is 0 Å². The molecule has 0 aromatic carbocycles. The van der Waals surface area contributed by atoms with Gasteiger partial charge in [0.15, 0.2) is 5.78 Å². The van der Waals surface area contributed by atoms with Gasteiger partial charge in [0.25, 0.3) is 0 Å². The minimum atomic E-state index is -1.15. The minimum Gasteiger partial charge on any atom is -0.462 e. The number of cyclic esters (lactones) is 1. The summed E-state index contributed by atoms with van der Waals surface area (Å²) in [6.45, 7) is 1.95. The summed E-state index contributed by atoms with van der Waals surface area (Å²) in [5, 5.41) is 19.1. The van der Waals surface area contributed by atoms with Crippen LogP contribution in [-0.2, 0) is 14.3 Å². The Balaban J connectivity index is 2.67. The molecular formula is C12H20O5. The molecule has 98 valence electrons. The molecule has 1 fully saturated rings. The van der Waals surface area contributed by atoms with Crippen molar-refractivity contribution < 1.29 is 24.5 Å². The Bertz CT molecular complexity index is 276. The van der Waals surface area contributed by atoms with Gasteiger partial charge in [0, 0.05) is 19.3 Å². The third-order valence-electron chi connectivity index (χ3n) is 2.89. The molecule has 17 heavy (non-hydrogen) atoms. The van der Waals surface area contributed by atoms with Crippen LogP contribution >= 0.6 is 0 Å². The maximum absolute atomic E-state index is 11.5. The fourth-order valence-corrected chi connectivity index (χ4v) is 1.93. The molecule has 0 spiro atoms. The van der Waals surface area contributed by atoms with Crippen LogP contribution in [0.25, 0.3) is 0 Å². The predicted molar refractivity (Wildman–Crippen MR) is 60.3 cm³/mol. The predicted octanol–water partition coefficient (Wildman–Crippen LogP) is 0.563. The first-order valence-electron chi connectivity index (χ1n) is 6.11. The number of esters is 1. The first-order valence-corrected chi connectivity index (χ1v) is 6.11. The number of ether oxygens (including phenoxy) is 1. The average molecular weight is 244 g/mol. The standard InChI is InChI=1S/C12H20O5/c1-2-3-9-7-11(15)10(14)6-8(13)4-5-12(16)17-9/h8-9,11,13,15H,2-7H2,1H3/t8-,9+,11-/m0/s1. The van der Waals surface area contributed by atoms with E-state index in [0.717, 1.165) is 6.42 Å². The maximum Gasteiger partial charge on any atom is 0.306 e. The van der Waals surface area contributed by atoms with Crippen molar-refractivity contribution in [2.75, 3.05) is 0 Å². The fraction of sp³-hybridized carbons (Fsp3) is 0.833. The van der Waals surface area contributed by atoms with Gasteiger partial charge in [0.2, 0.25) is 0 Å². The second-order valence-electron chi connectivity index (χ2n) is 4.51. The minimum absolute atomic E-state index is 0.0900. The van der Waals surface area contributed by atoms with Crippen LogP contribution in [-0.4, -0.2) is 40.3 Å². The van der Waals surface area contributed by atoms with Crippen LogP contribution in [0.2, 0.25) is 0 Å². The highest BCUT2D eigenvalue weighted by Crippen LogP contribution is 2.16. The summed E-state index contributed by atoms with van der Waals surface area (Å²) in [6, 6.07) is 0. The first-order chi connectivity index (χ1) is 8.02. The molecular weight excluding hydrogens is 224 g/mol. The van der Waals surface area contributed by atoms with E-state index in [1.807, 2.05) is 6.92 Å². The Morgan fingerprint density at radius 2 is 2.06 bits per heavy atom. The zero-order valence-corrected chi connectivity index (χ0v) is 10.1. The van der Waals surface area contributed by atoms with E-state index in [0.29, 0.717) is 6.42 Å². The molecule has 1 heterocycles. The molecule has 0 aromatic rings. The van der Waals surface area contributed by atoms with Crippen LogP contribution in [0.1, 0.15) is 45.4 Å². The molecule has 0 bridgehead atoms. The Morgan fingerprint density at radius 3 is 2.71 bits per heavy atom. The van der Waals surface area contributed by atoms with Crippen molar-refractivity contribution in [2.24, 2.45) is 0 Å². The summed E-state index contributed by atoms with van der Waals surface area (Å²) in [4.78, 5) is 22.9. The molecule has 2 N–H and O–H groups in total. The topological polar surface area (TPSA) is 83.8 Å². The summed E-state index contributed by atoms with van der Waals surface area (Å²) in [5.74, 6) is -0.749. The van der Waals surface area contributed by atoms with E-state index in [1.54, 1.807) is 0 Å². The number of aliphatic hydroxyl groups is 2. The van der Waals surface area contributed by atoms with Crippen molar-refractivity contribution in [3.63, 3.8) is 0 Å². The number of Topliss-reactive ketones (excluding diaryl/α,β-unsaturated/α-hetero) is 1. The summed E-state index contributed by atoms with van der Waals surface area (Å²) < 4.78 is 5.17. The third kappa shape index (κ3) is 4.83. The Morgan fingerprint density at radius 1 is 1.35 bits per heavy atom. The normalized spacial score (nSPS) is 32.1. The van der Waals surface area contributed by atoms with Crippen LogP contribution in [0, 0.1) is 0 Å². The number of hydrogen-bond acceptors (Lipinski definition) is 5. The summed E-state index contributed by atoms with van der Waals surface area (Å²) in [6.07, 6.45) is -0.597. The molecule has 3 atom stereocenters. The van der Waals surface area contributed by atoms with E-state index in [4.69, 9.17) is 4.74 Å². The molecule has 1 aliphatic rings. The molecule has 0 saturated carbocycles. The van der Waals surface area contributed by atoms with Crippen molar-refractivity contribution in [1.82, 2.24) is 0 Å². The van der Waals surface area contributed by atoms with Crippen molar-refractivity contribution >= 4 is 11.8 Å². The number of hydrogen-bond donors (Lipinski definition) is 2. The van der Waals surface area contributed by atoms with E-state index in [1.165, 1.54) is 0 Å². The molecule has 0 aliphatic carbocycles. The molecule has 0 unspecified atom stereocenters. The lowest BCUT2D eigenvalue weighted by molar-refractivity contribution is -0.154.